The summed E-state index contributed by atoms with van der Waals surface area (Å²) in [6, 6.07) is 5.33. The number of amides is 2. The van der Waals surface area contributed by atoms with E-state index < -0.39 is 12.2 Å². The van der Waals surface area contributed by atoms with Crippen LogP contribution in [0.3, 0.4) is 0 Å². The lowest BCUT2D eigenvalue weighted by Crippen LogP contribution is -2.50. The van der Waals surface area contributed by atoms with Crippen molar-refractivity contribution in [2.45, 2.75) is 89.7 Å². The Morgan fingerprint density at radius 3 is 2.69 bits per heavy atom. The van der Waals surface area contributed by atoms with Crippen molar-refractivity contribution >= 4 is 11.8 Å². The molecule has 0 spiro atoms. The number of benzene rings is 1. The molecule has 0 aromatic heterocycles. The molecule has 3 N–H and O–H groups in total. The fourth-order valence-corrected chi connectivity index (χ4v) is 5.38. The summed E-state index contributed by atoms with van der Waals surface area (Å²) in [5.41, 5.74) is 1.63. The average Bonchev–Trinajstić information content (AvgIpc) is 3.19. The first kappa shape index (κ1) is 25.9. The van der Waals surface area contributed by atoms with Gasteiger partial charge in [-0.3, -0.25) is 14.5 Å². The third-order valence-corrected chi connectivity index (χ3v) is 7.31. The van der Waals surface area contributed by atoms with Gasteiger partial charge < -0.3 is 25.2 Å². The Labute approximate surface area is 208 Å². The Morgan fingerprint density at radius 2 is 1.94 bits per heavy atom. The normalized spacial score (nSPS) is 30.5. The molecule has 0 saturated carbocycles. The number of nitrogens with zero attached hydrogens (tertiary/aromatic N) is 1. The van der Waals surface area contributed by atoms with Gasteiger partial charge in [0.2, 0.25) is 5.91 Å². The van der Waals surface area contributed by atoms with Gasteiger partial charge in [-0.15, -0.1) is 0 Å². The highest BCUT2D eigenvalue weighted by atomic mass is 16.5. The van der Waals surface area contributed by atoms with E-state index in [2.05, 4.69) is 43.2 Å². The predicted molar refractivity (Wildman–Crippen MR) is 134 cm³/mol. The highest BCUT2D eigenvalue weighted by Gasteiger charge is 2.39. The minimum Gasteiger partial charge on any atom is -0.493 e. The van der Waals surface area contributed by atoms with Gasteiger partial charge in [0.1, 0.15) is 11.9 Å². The van der Waals surface area contributed by atoms with Crippen LogP contribution in [0.5, 0.6) is 5.75 Å². The minimum atomic E-state index is -0.594. The molecule has 0 aliphatic carbocycles. The molecule has 4 bridgehead atoms. The van der Waals surface area contributed by atoms with Crippen LogP contribution in [-0.2, 0) is 9.53 Å². The Morgan fingerprint density at radius 1 is 1.14 bits per heavy atom. The first-order valence-corrected chi connectivity index (χ1v) is 13.1. The van der Waals surface area contributed by atoms with E-state index in [-0.39, 0.29) is 36.5 Å². The second kappa shape index (κ2) is 11.3. The van der Waals surface area contributed by atoms with Gasteiger partial charge in [0.05, 0.1) is 30.4 Å². The predicted octanol–water partition coefficient (Wildman–Crippen LogP) is 2.45. The molecule has 3 aliphatic heterocycles. The lowest BCUT2D eigenvalue weighted by molar-refractivity contribution is -0.133. The molecule has 8 heteroatoms. The first-order valence-electron chi connectivity index (χ1n) is 13.1. The molecule has 0 unspecified atom stereocenters. The van der Waals surface area contributed by atoms with Gasteiger partial charge in [-0.1, -0.05) is 33.8 Å². The quantitative estimate of drug-likeness (QED) is 0.606. The smallest absolute Gasteiger partial charge is 0.255 e. The Kier molecular flexibility index (Phi) is 8.34. The summed E-state index contributed by atoms with van der Waals surface area (Å²) in [6.07, 6.45) is 1.47. The number of carbonyl (C=O) groups excluding carboxylic acids is 2. The van der Waals surface area contributed by atoms with E-state index >= 15 is 0 Å². The number of likely N-dealkylation sites (tertiary alicyclic amines) is 1. The van der Waals surface area contributed by atoms with Crippen LogP contribution in [0.15, 0.2) is 18.2 Å². The standard InChI is InChI=1S/C27H41N3O5/c1-16(2)14-30-15-19-12-22(30)27(33)28-13-25-23(31)8-6-20(35-25)9-10-34-24-11-18(17(3)4)5-7-21(24)26(32)29-19/h5,7,11,16-17,19-20,22-23,25,31H,6,8-10,12-15H2,1-4H3,(H,28,33)(H,29,32)/t19-,20-,22-,23-,25+/m0/s1. The molecule has 35 heavy (non-hydrogen) atoms. The van der Waals surface area contributed by atoms with Crippen molar-refractivity contribution in [3.8, 4) is 5.75 Å². The van der Waals surface area contributed by atoms with Crippen LogP contribution in [0.25, 0.3) is 0 Å². The monoisotopic (exact) mass is 487 g/mol. The number of rotatable bonds is 3. The van der Waals surface area contributed by atoms with Crippen LogP contribution >= 0.6 is 0 Å². The average molecular weight is 488 g/mol. The van der Waals surface area contributed by atoms with Gasteiger partial charge in [0.15, 0.2) is 0 Å². The molecule has 2 fully saturated rings. The summed E-state index contributed by atoms with van der Waals surface area (Å²) >= 11 is 0. The lowest BCUT2D eigenvalue weighted by Gasteiger charge is -2.34. The molecule has 5 atom stereocenters. The second-order valence-corrected chi connectivity index (χ2v) is 11.0. The molecular formula is C27H41N3O5. The van der Waals surface area contributed by atoms with E-state index in [1.54, 1.807) is 0 Å². The number of nitrogens with one attached hydrogen (secondary N) is 2. The largest absolute Gasteiger partial charge is 0.493 e. The molecular weight excluding hydrogens is 446 g/mol. The van der Waals surface area contributed by atoms with Crippen molar-refractivity contribution < 1.29 is 24.2 Å². The SMILES string of the molecule is CC(C)CN1C[C@@H]2C[C@H]1C(=O)NC[C@H]1O[C@H](CCOc3cc(C(C)C)ccc3C(=O)N2)CC[C@@H]1O. The van der Waals surface area contributed by atoms with Crippen molar-refractivity contribution in [2.24, 2.45) is 5.92 Å². The molecule has 8 nitrogen and oxygen atoms in total. The zero-order chi connectivity index (χ0) is 25.1. The number of carbonyl (C=O) groups is 2. The third-order valence-electron chi connectivity index (χ3n) is 7.31. The van der Waals surface area contributed by atoms with Crippen LogP contribution in [0.2, 0.25) is 0 Å². The van der Waals surface area contributed by atoms with Crippen LogP contribution in [0, 0.1) is 5.92 Å². The number of aliphatic hydroxyl groups is 1. The highest BCUT2D eigenvalue weighted by Crippen LogP contribution is 2.28. The van der Waals surface area contributed by atoms with E-state index in [4.69, 9.17) is 9.47 Å². The van der Waals surface area contributed by atoms with Crippen LogP contribution in [-0.4, -0.2) is 78.5 Å². The fraction of sp³-hybridized carbons (Fsp3) is 0.704. The van der Waals surface area contributed by atoms with Crippen molar-refractivity contribution in [3.63, 3.8) is 0 Å². The maximum atomic E-state index is 13.3. The summed E-state index contributed by atoms with van der Waals surface area (Å²) in [7, 11) is 0. The zero-order valence-corrected chi connectivity index (χ0v) is 21.5. The van der Waals surface area contributed by atoms with Gasteiger partial charge in [0, 0.05) is 32.1 Å². The van der Waals surface area contributed by atoms with E-state index in [9.17, 15) is 14.7 Å². The topological polar surface area (TPSA) is 100 Å². The number of ether oxygens (including phenoxy) is 2. The number of hydrogen-bond donors (Lipinski definition) is 3. The van der Waals surface area contributed by atoms with Crippen molar-refractivity contribution in [1.82, 2.24) is 15.5 Å². The fourth-order valence-electron chi connectivity index (χ4n) is 5.38. The lowest BCUT2D eigenvalue weighted by atomic mass is 9.99. The Bertz CT molecular complexity index is 905. The van der Waals surface area contributed by atoms with Gasteiger partial charge in [-0.25, -0.2) is 0 Å². The van der Waals surface area contributed by atoms with Gasteiger partial charge >= 0.3 is 0 Å². The molecule has 3 heterocycles. The summed E-state index contributed by atoms with van der Waals surface area (Å²) in [4.78, 5) is 28.7. The van der Waals surface area contributed by atoms with E-state index in [0.29, 0.717) is 55.6 Å². The Hall–Kier alpha value is -2.16. The molecule has 3 aliphatic rings. The highest BCUT2D eigenvalue weighted by molar-refractivity contribution is 5.97. The van der Waals surface area contributed by atoms with Crippen molar-refractivity contribution in [3.05, 3.63) is 29.3 Å². The minimum absolute atomic E-state index is 0.0629. The summed E-state index contributed by atoms with van der Waals surface area (Å²) in [5.74, 6) is 1.05. The molecule has 1 aromatic rings. The number of fused-ring (bicyclic) bond motifs is 5. The second-order valence-electron chi connectivity index (χ2n) is 11.0. The molecule has 2 saturated heterocycles. The van der Waals surface area contributed by atoms with E-state index in [1.807, 2.05) is 18.2 Å². The third kappa shape index (κ3) is 6.35. The molecule has 194 valence electrons. The van der Waals surface area contributed by atoms with Crippen LogP contribution in [0.4, 0.5) is 0 Å². The van der Waals surface area contributed by atoms with Crippen molar-refractivity contribution in [1.29, 1.82) is 0 Å². The molecule has 2 amide bonds. The van der Waals surface area contributed by atoms with Crippen LogP contribution in [0.1, 0.15) is 75.2 Å². The maximum absolute atomic E-state index is 13.3. The number of hydrogen-bond acceptors (Lipinski definition) is 6. The maximum Gasteiger partial charge on any atom is 0.255 e. The van der Waals surface area contributed by atoms with Gasteiger partial charge in [0.25, 0.3) is 5.91 Å². The van der Waals surface area contributed by atoms with Crippen LogP contribution < -0.4 is 15.4 Å². The van der Waals surface area contributed by atoms with E-state index in [1.165, 1.54) is 0 Å². The summed E-state index contributed by atoms with van der Waals surface area (Å²) < 4.78 is 12.3. The van der Waals surface area contributed by atoms with E-state index in [0.717, 1.165) is 18.5 Å². The molecule has 4 rings (SSSR count). The summed E-state index contributed by atoms with van der Waals surface area (Å²) in [6.45, 7) is 10.6. The molecule has 0 radical (unpaired) electrons. The number of aliphatic hydroxyl groups excluding tert-OH is 1. The summed E-state index contributed by atoms with van der Waals surface area (Å²) in [5, 5.41) is 16.6. The zero-order valence-electron chi connectivity index (χ0n) is 21.5. The van der Waals surface area contributed by atoms with Gasteiger partial charge in [-0.05, 0) is 48.8 Å². The molecule has 1 aromatic carbocycles. The Balaban J connectivity index is 1.61. The van der Waals surface area contributed by atoms with Gasteiger partial charge in [-0.2, -0.15) is 0 Å². The first-order chi connectivity index (χ1) is 16.7. The van der Waals surface area contributed by atoms with Crippen molar-refractivity contribution in [2.75, 3.05) is 26.2 Å².